The molecule has 0 unspecified atom stereocenters. The zero-order valence-corrected chi connectivity index (χ0v) is 16.4. The van der Waals surface area contributed by atoms with Gasteiger partial charge in [0, 0.05) is 36.3 Å². The van der Waals surface area contributed by atoms with Crippen molar-refractivity contribution in [2.45, 2.75) is 0 Å². The van der Waals surface area contributed by atoms with Crippen molar-refractivity contribution in [3.63, 3.8) is 0 Å². The summed E-state index contributed by atoms with van der Waals surface area (Å²) in [6.07, 6.45) is 5.33. The van der Waals surface area contributed by atoms with Crippen LogP contribution in [-0.4, -0.2) is 46.9 Å². The summed E-state index contributed by atoms with van der Waals surface area (Å²) in [7, 11) is 0. The number of para-hydroxylation sites is 2. The van der Waals surface area contributed by atoms with Crippen LogP contribution in [0.3, 0.4) is 0 Å². The zero-order valence-electron chi connectivity index (χ0n) is 16.4. The number of aromatic nitrogens is 2. The molecule has 2 aromatic carbocycles. The van der Waals surface area contributed by atoms with Crippen LogP contribution in [0.15, 0.2) is 77.4 Å². The molecule has 0 atom stereocenters. The number of rotatable bonds is 4. The third-order valence-corrected chi connectivity index (χ3v) is 5.15. The molecule has 1 aliphatic rings. The van der Waals surface area contributed by atoms with Crippen LogP contribution in [0.25, 0.3) is 34.2 Å². The van der Waals surface area contributed by atoms with Gasteiger partial charge in [0.05, 0.1) is 18.9 Å². The Labute approximate surface area is 174 Å². The highest BCUT2D eigenvalue weighted by Crippen LogP contribution is 2.30. The quantitative estimate of drug-likeness (QED) is 0.484. The Balaban J connectivity index is 1.53. The van der Waals surface area contributed by atoms with Gasteiger partial charge in [-0.25, -0.2) is 4.68 Å². The van der Waals surface area contributed by atoms with Gasteiger partial charge >= 0.3 is 0 Å². The number of hydrogen-bond acceptors (Lipinski definition) is 4. The first-order valence-corrected chi connectivity index (χ1v) is 9.97. The molecule has 3 heterocycles. The summed E-state index contributed by atoms with van der Waals surface area (Å²) < 4.78 is 13.2. The van der Waals surface area contributed by atoms with Gasteiger partial charge in [0.25, 0.3) is 0 Å². The number of ether oxygens (including phenoxy) is 1. The topological polar surface area (TPSA) is 60.5 Å². The number of benzene rings is 2. The molecule has 0 aliphatic carbocycles. The van der Waals surface area contributed by atoms with Gasteiger partial charge in [-0.2, -0.15) is 5.10 Å². The Hall–Kier alpha value is -3.64. The lowest BCUT2D eigenvalue weighted by Gasteiger charge is -2.25. The van der Waals surface area contributed by atoms with Crippen molar-refractivity contribution in [2.24, 2.45) is 0 Å². The fourth-order valence-corrected chi connectivity index (χ4v) is 3.56. The number of morpholine rings is 1. The largest absolute Gasteiger partial charge is 0.454 e. The Morgan fingerprint density at radius 2 is 1.77 bits per heavy atom. The number of carbonyl (C=O) groups is 1. The normalized spacial score (nSPS) is 14.6. The summed E-state index contributed by atoms with van der Waals surface area (Å²) in [4.78, 5) is 14.4. The highest BCUT2D eigenvalue weighted by molar-refractivity contribution is 5.93. The molecule has 1 aliphatic heterocycles. The minimum Gasteiger partial charge on any atom is -0.454 e. The molecule has 6 nitrogen and oxygen atoms in total. The van der Waals surface area contributed by atoms with E-state index in [1.54, 1.807) is 15.7 Å². The molecule has 150 valence electrons. The van der Waals surface area contributed by atoms with E-state index in [1.807, 2.05) is 72.9 Å². The molecule has 2 aromatic heterocycles. The summed E-state index contributed by atoms with van der Waals surface area (Å²) in [5.74, 6) is 0.644. The van der Waals surface area contributed by atoms with E-state index in [9.17, 15) is 4.79 Å². The van der Waals surface area contributed by atoms with Gasteiger partial charge in [0.15, 0.2) is 5.76 Å². The molecule has 5 rings (SSSR count). The maximum Gasteiger partial charge on any atom is 0.246 e. The van der Waals surface area contributed by atoms with Crippen molar-refractivity contribution in [2.75, 3.05) is 26.3 Å². The molecule has 1 saturated heterocycles. The van der Waals surface area contributed by atoms with Gasteiger partial charge in [-0.3, -0.25) is 4.79 Å². The van der Waals surface area contributed by atoms with E-state index >= 15 is 0 Å². The fraction of sp³-hybridized carbons (Fsp3) is 0.167. The van der Waals surface area contributed by atoms with Crippen LogP contribution in [0.1, 0.15) is 5.56 Å². The highest BCUT2D eigenvalue weighted by Gasteiger charge is 2.17. The van der Waals surface area contributed by atoms with Gasteiger partial charge in [0.2, 0.25) is 5.91 Å². The monoisotopic (exact) mass is 399 g/mol. The average molecular weight is 399 g/mol. The molecular weight excluding hydrogens is 378 g/mol. The highest BCUT2D eigenvalue weighted by atomic mass is 16.5. The molecular formula is C24H21N3O3. The number of fused-ring (bicyclic) bond motifs is 1. The van der Waals surface area contributed by atoms with E-state index in [-0.39, 0.29) is 5.91 Å². The molecule has 30 heavy (non-hydrogen) atoms. The number of furan rings is 1. The van der Waals surface area contributed by atoms with Gasteiger partial charge in [-0.1, -0.05) is 36.4 Å². The number of hydrogen-bond donors (Lipinski definition) is 0. The van der Waals surface area contributed by atoms with Crippen LogP contribution >= 0.6 is 0 Å². The summed E-state index contributed by atoms with van der Waals surface area (Å²) in [5, 5.41) is 5.78. The van der Waals surface area contributed by atoms with E-state index in [0.29, 0.717) is 37.8 Å². The Bertz CT molecular complexity index is 1170. The smallest absolute Gasteiger partial charge is 0.246 e. The fourth-order valence-electron chi connectivity index (χ4n) is 3.56. The molecule has 1 fully saturated rings. The van der Waals surface area contributed by atoms with E-state index in [4.69, 9.17) is 14.3 Å². The zero-order chi connectivity index (χ0) is 20.3. The van der Waals surface area contributed by atoms with Crippen molar-refractivity contribution < 1.29 is 13.9 Å². The van der Waals surface area contributed by atoms with E-state index in [1.165, 1.54) is 0 Å². The third-order valence-electron chi connectivity index (χ3n) is 5.15. The van der Waals surface area contributed by atoms with Crippen molar-refractivity contribution in [1.82, 2.24) is 14.7 Å². The minimum atomic E-state index is -0.0266. The molecule has 1 amide bonds. The first kappa shape index (κ1) is 18.4. The summed E-state index contributed by atoms with van der Waals surface area (Å²) >= 11 is 0. The van der Waals surface area contributed by atoms with Crippen LogP contribution in [-0.2, 0) is 9.53 Å². The van der Waals surface area contributed by atoms with Crippen LogP contribution in [0.4, 0.5) is 0 Å². The van der Waals surface area contributed by atoms with Crippen LogP contribution in [0, 0.1) is 0 Å². The molecule has 0 spiro atoms. The lowest BCUT2D eigenvalue weighted by molar-refractivity contribution is -0.129. The van der Waals surface area contributed by atoms with E-state index in [0.717, 1.165) is 22.2 Å². The molecule has 0 radical (unpaired) electrons. The summed E-state index contributed by atoms with van der Waals surface area (Å²) in [6.45, 7) is 2.39. The molecule has 6 heteroatoms. The predicted molar refractivity (Wildman–Crippen MR) is 115 cm³/mol. The van der Waals surface area contributed by atoms with Gasteiger partial charge in [0.1, 0.15) is 11.3 Å². The standard InChI is InChI=1S/C24H21N3O3/c28-23(26-12-14-29-15-13-26)11-10-19-17-27(20-7-2-1-3-8-20)25-24(19)22-16-18-6-4-5-9-21(18)30-22/h1-11,16-17H,12-15H2/b11-10-. The lowest BCUT2D eigenvalue weighted by atomic mass is 10.1. The van der Waals surface area contributed by atoms with Crippen LogP contribution in [0.2, 0.25) is 0 Å². The molecule has 0 saturated carbocycles. The second-order valence-corrected chi connectivity index (χ2v) is 7.13. The van der Waals surface area contributed by atoms with Gasteiger partial charge in [-0.05, 0) is 30.3 Å². The van der Waals surface area contributed by atoms with Crippen molar-refractivity contribution in [1.29, 1.82) is 0 Å². The van der Waals surface area contributed by atoms with Crippen molar-refractivity contribution in [3.8, 4) is 17.1 Å². The SMILES string of the molecule is O=C(/C=C\c1cn(-c2ccccc2)nc1-c1cc2ccccc2o1)N1CCOCC1. The number of carbonyl (C=O) groups excluding carboxylic acids is 1. The molecule has 0 N–H and O–H groups in total. The first-order chi connectivity index (χ1) is 14.8. The van der Waals surface area contributed by atoms with E-state index < -0.39 is 0 Å². The predicted octanol–water partition coefficient (Wildman–Crippen LogP) is 4.16. The van der Waals surface area contributed by atoms with E-state index in [2.05, 4.69) is 0 Å². The minimum absolute atomic E-state index is 0.0266. The first-order valence-electron chi connectivity index (χ1n) is 9.97. The van der Waals surface area contributed by atoms with Crippen LogP contribution < -0.4 is 0 Å². The summed E-state index contributed by atoms with van der Waals surface area (Å²) in [6, 6.07) is 19.7. The molecule has 4 aromatic rings. The maximum atomic E-state index is 12.6. The Kier molecular flexibility index (Phi) is 4.91. The van der Waals surface area contributed by atoms with Crippen molar-refractivity contribution in [3.05, 3.63) is 78.5 Å². The van der Waals surface area contributed by atoms with Gasteiger partial charge < -0.3 is 14.1 Å². The molecule has 0 bridgehead atoms. The number of amides is 1. The second kappa shape index (κ2) is 8.00. The third kappa shape index (κ3) is 3.65. The second-order valence-electron chi connectivity index (χ2n) is 7.13. The lowest BCUT2D eigenvalue weighted by Crippen LogP contribution is -2.39. The maximum absolute atomic E-state index is 12.6. The van der Waals surface area contributed by atoms with Crippen molar-refractivity contribution >= 4 is 23.0 Å². The number of nitrogens with zero attached hydrogens (tertiary/aromatic N) is 3. The van der Waals surface area contributed by atoms with Gasteiger partial charge in [-0.15, -0.1) is 0 Å². The Morgan fingerprint density at radius 3 is 2.57 bits per heavy atom. The average Bonchev–Trinajstić information content (AvgIpc) is 3.43. The van der Waals surface area contributed by atoms with Crippen LogP contribution in [0.5, 0.6) is 0 Å². The Morgan fingerprint density at radius 1 is 1.00 bits per heavy atom. The summed E-state index contributed by atoms with van der Waals surface area (Å²) in [5.41, 5.74) is 3.26.